The van der Waals surface area contributed by atoms with Crippen LogP contribution in [0.4, 0.5) is 0 Å². The van der Waals surface area contributed by atoms with Gasteiger partial charge in [0.2, 0.25) is 0 Å². The highest BCUT2D eigenvalue weighted by Crippen LogP contribution is 2.37. The van der Waals surface area contributed by atoms with Gasteiger partial charge in [-0.25, -0.2) is 9.59 Å². The largest absolute Gasteiger partial charge is 0.458 e. The summed E-state index contributed by atoms with van der Waals surface area (Å²) >= 11 is 0. The molecule has 2 fully saturated rings. The van der Waals surface area contributed by atoms with Gasteiger partial charge in [-0.3, -0.25) is 0 Å². The number of hydrogen-bond acceptors (Lipinski definition) is 21. The van der Waals surface area contributed by atoms with Crippen LogP contribution in [-0.4, -0.2) is 227 Å². The number of fused-ring (bicyclic) bond motifs is 4. The lowest BCUT2D eigenvalue weighted by Crippen LogP contribution is -2.45. The van der Waals surface area contributed by atoms with Gasteiger partial charge >= 0.3 is 11.9 Å². The molecular weight excluding hydrogens is 1270 g/mol. The van der Waals surface area contributed by atoms with Crippen LogP contribution >= 0.6 is 0 Å². The monoisotopic (exact) mass is 1400 g/mol. The number of aliphatic hydroxyl groups excluding tert-OH is 9. The molecular formula is C78H132O21. The number of methoxy groups -OCH3 is 4. The third-order valence-electron chi connectivity index (χ3n) is 22.4. The van der Waals surface area contributed by atoms with Crippen molar-refractivity contribution in [3.05, 3.63) is 72.4 Å². The molecule has 0 aromatic heterocycles. The summed E-state index contributed by atoms with van der Waals surface area (Å²) in [6.07, 6.45) is 8.44. The number of carbonyl (C=O) groups is 2. The lowest BCUT2D eigenvalue weighted by molar-refractivity contribution is -0.158. The van der Waals surface area contributed by atoms with Crippen LogP contribution in [0.5, 0.6) is 0 Å². The van der Waals surface area contributed by atoms with Crippen LogP contribution in [0.1, 0.15) is 192 Å². The summed E-state index contributed by atoms with van der Waals surface area (Å²) in [6, 6.07) is 0. The molecule has 31 atom stereocenters. The van der Waals surface area contributed by atoms with E-state index in [1.54, 1.807) is 62.2 Å². The Morgan fingerprint density at radius 2 is 0.889 bits per heavy atom. The first-order valence-corrected chi connectivity index (χ1v) is 37.2. The Labute approximate surface area is 592 Å². The SMILES string of the molecule is C=C1/C=C/C(=O)O[C@H]([C@@H](C)[C@@H](O)[C@@H](C)CC[C@H]2C[C@H](OC)C[C@H](C)O2)[C@@H](C)[C@H](O)C[C@H](O)[C@H](C)[C@@H](OC)C[C@@H]2CC=C[C@@H](C[C@@H](O)C/C=C(C)/C=C/C(=O)O[C@H]([C@@H](C)[C@@H](O)[C@@H](C)CC[C@H]3C[C@H](OC)C[C@H](C)O3)[C@@H](C)[C@H](O)C[C@H](O)[C@H](C)[C@@H](OC)C[C@@H]3CC=C[C@@H](C[C@@H](O)C[C@H]1O)O3)O2. The molecule has 2 saturated heterocycles. The van der Waals surface area contributed by atoms with Crippen molar-refractivity contribution in [1.82, 2.24) is 0 Å². The number of allylic oxidation sites excluding steroid dienone is 2. The average Bonchev–Trinajstić information content (AvgIpc) is 0.850. The minimum absolute atomic E-state index is 0.0304. The van der Waals surface area contributed by atoms with Gasteiger partial charge in [0.25, 0.3) is 0 Å². The highest BCUT2D eigenvalue weighted by molar-refractivity contribution is 5.83. The molecule has 5 heterocycles. The van der Waals surface area contributed by atoms with Crippen molar-refractivity contribution in [2.45, 2.75) is 332 Å². The molecule has 0 aliphatic carbocycles. The minimum Gasteiger partial charge on any atom is -0.458 e. The van der Waals surface area contributed by atoms with E-state index in [4.69, 9.17) is 47.4 Å². The zero-order valence-electron chi connectivity index (χ0n) is 62.5. The van der Waals surface area contributed by atoms with Gasteiger partial charge in [-0.2, -0.15) is 0 Å². The summed E-state index contributed by atoms with van der Waals surface area (Å²) in [6.45, 7) is 24.5. The first-order valence-electron chi connectivity index (χ1n) is 37.2. The van der Waals surface area contributed by atoms with E-state index in [0.29, 0.717) is 56.9 Å². The Hall–Kier alpha value is -3.30. The topological polar surface area (TPSA) is 309 Å². The fourth-order valence-electron chi connectivity index (χ4n) is 15.5. The Morgan fingerprint density at radius 1 is 0.485 bits per heavy atom. The fraction of sp³-hybridized carbons (Fsp3) is 0.821. The molecule has 0 unspecified atom stereocenters. The number of rotatable bonds is 16. The second kappa shape index (κ2) is 43.2. The lowest BCUT2D eigenvalue weighted by atomic mass is 9.78. The summed E-state index contributed by atoms with van der Waals surface area (Å²) < 4.78 is 61.1. The molecule has 570 valence electrons. The van der Waals surface area contributed by atoms with Crippen molar-refractivity contribution < 1.29 is 103 Å². The van der Waals surface area contributed by atoms with Crippen molar-refractivity contribution in [3.8, 4) is 0 Å². The van der Waals surface area contributed by atoms with Crippen LogP contribution in [0.3, 0.4) is 0 Å². The van der Waals surface area contributed by atoms with Crippen molar-refractivity contribution in [3.63, 3.8) is 0 Å². The van der Waals surface area contributed by atoms with Crippen molar-refractivity contribution in [2.75, 3.05) is 28.4 Å². The van der Waals surface area contributed by atoms with Gasteiger partial charge in [-0.1, -0.05) is 104 Å². The third-order valence-corrected chi connectivity index (χ3v) is 22.4. The number of ether oxygens (including phenoxy) is 10. The van der Waals surface area contributed by atoms with Gasteiger partial charge < -0.3 is 93.3 Å². The number of aliphatic hydroxyl groups is 9. The Morgan fingerprint density at radius 3 is 1.30 bits per heavy atom. The Balaban J connectivity index is 1.37. The van der Waals surface area contributed by atoms with E-state index in [1.165, 1.54) is 12.2 Å². The van der Waals surface area contributed by atoms with Crippen molar-refractivity contribution >= 4 is 11.9 Å². The Bertz CT molecular complexity index is 2510. The highest BCUT2D eigenvalue weighted by atomic mass is 16.6. The molecule has 0 amide bonds. The Kier molecular flexibility index (Phi) is 37.7. The summed E-state index contributed by atoms with van der Waals surface area (Å²) in [5.41, 5.74) is 0.810. The highest BCUT2D eigenvalue weighted by Gasteiger charge is 2.43. The number of hydrogen-bond donors (Lipinski definition) is 9. The smallest absolute Gasteiger partial charge is 0.331 e. The quantitative estimate of drug-likeness (QED) is 0.0514. The number of esters is 2. The standard InChI is InChI=1S/C78H132O21/c1-44-23-28-56(79)35-58-19-17-21-60(96-58)40-71(92-15)50(7)68(83)43-70(85)53(10)78(55(12)76(89)47(4)26-30-63-39-65(91-14)34-49(6)95-63)99-74(87)32-27-45(2)66(81)37-57(80)36-59-20-18-22-61(97-59)41-72(93-16)51(8)67(82)42-69(84)52(9)77(98-73(86)31-24-44)54(11)75(88)46(3)25-29-62-38-64(90-13)33-48(5)94-62/h17-20,23-24,27,31-32,46-72,75-85,88-89H,2,21-22,25-26,28-30,33-43H2,1,3-16H3/b31-24+,32-27+,44-23+/t46-,47-,48-,49-,50-,51-,52-,53-,54-,55-,56-,57+,58-,59-,60-,61-,62-,63-,64+,65+,66+,67-,68-,69+,70+,71-,72-,75-,76-,77-,78-/m0/s1. The molecule has 9 N–H and O–H groups in total. The van der Waals surface area contributed by atoms with Crippen LogP contribution in [0.15, 0.2) is 72.4 Å². The fourth-order valence-corrected chi connectivity index (χ4v) is 15.5. The van der Waals surface area contributed by atoms with E-state index in [9.17, 15) is 55.5 Å². The summed E-state index contributed by atoms with van der Waals surface area (Å²) in [5.74, 6) is -5.94. The molecule has 0 saturated carbocycles. The normalized spacial score (nSPS) is 41.1. The first-order chi connectivity index (χ1) is 46.8. The maximum Gasteiger partial charge on any atom is 0.331 e. The average molecular weight is 1410 g/mol. The molecule has 4 bridgehead atoms. The molecule has 99 heavy (non-hydrogen) atoms. The molecule has 0 aromatic carbocycles. The van der Waals surface area contributed by atoms with E-state index >= 15 is 0 Å². The van der Waals surface area contributed by atoms with Crippen molar-refractivity contribution in [1.29, 1.82) is 0 Å². The molecule has 5 rings (SSSR count). The number of carbonyl (C=O) groups excluding carboxylic acids is 2. The summed E-state index contributed by atoms with van der Waals surface area (Å²) in [5, 5.41) is 106. The van der Waals surface area contributed by atoms with E-state index in [1.807, 2.05) is 78.8 Å². The van der Waals surface area contributed by atoms with Crippen LogP contribution in [0.2, 0.25) is 0 Å². The summed E-state index contributed by atoms with van der Waals surface area (Å²) in [4.78, 5) is 27.8. The second-order valence-corrected chi connectivity index (χ2v) is 30.5. The molecule has 21 heteroatoms. The maximum absolute atomic E-state index is 13.9. The van der Waals surface area contributed by atoms with Crippen LogP contribution in [0, 0.1) is 47.3 Å². The van der Waals surface area contributed by atoms with E-state index in [-0.39, 0.29) is 105 Å². The number of cyclic esters (lactones) is 2. The van der Waals surface area contributed by atoms with Gasteiger partial charge in [0, 0.05) is 108 Å². The second-order valence-electron chi connectivity index (χ2n) is 30.5. The molecule has 5 aliphatic rings. The van der Waals surface area contributed by atoms with Crippen LogP contribution in [-0.2, 0) is 57.0 Å². The molecule has 5 aliphatic heterocycles. The predicted molar refractivity (Wildman–Crippen MR) is 379 cm³/mol. The van der Waals surface area contributed by atoms with E-state index < -0.39 is 139 Å². The molecule has 0 radical (unpaired) electrons. The van der Waals surface area contributed by atoms with E-state index in [0.717, 1.165) is 31.8 Å². The summed E-state index contributed by atoms with van der Waals surface area (Å²) in [7, 11) is 6.52. The zero-order valence-corrected chi connectivity index (χ0v) is 62.5. The molecule has 0 spiro atoms. The lowest BCUT2D eigenvalue weighted by Gasteiger charge is -2.38. The van der Waals surface area contributed by atoms with Gasteiger partial charge in [-0.05, 0) is 128 Å². The van der Waals surface area contributed by atoms with Gasteiger partial charge in [-0.15, -0.1) is 0 Å². The maximum atomic E-state index is 13.9. The van der Waals surface area contributed by atoms with E-state index in [2.05, 4.69) is 6.58 Å². The van der Waals surface area contributed by atoms with Gasteiger partial charge in [0.15, 0.2) is 0 Å². The van der Waals surface area contributed by atoms with Gasteiger partial charge in [0.1, 0.15) is 12.2 Å². The molecule has 21 nitrogen and oxygen atoms in total. The van der Waals surface area contributed by atoms with Crippen LogP contribution < -0.4 is 0 Å². The molecule has 0 aromatic rings. The van der Waals surface area contributed by atoms with Crippen molar-refractivity contribution in [2.24, 2.45) is 47.3 Å². The van der Waals surface area contributed by atoms with Gasteiger partial charge in [0.05, 0.1) is 128 Å². The zero-order chi connectivity index (χ0) is 73.4. The predicted octanol–water partition coefficient (Wildman–Crippen LogP) is 9.08. The first kappa shape index (κ1) is 86.3. The minimum atomic E-state index is -1.27. The third kappa shape index (κ3) is 28.3. The van der Waals surface area contributed by atoms with Crippen LogP contribution in [0.25, 0.3) is 0 Å².